The van der Waals surface area contributed by atoms with E-state index in [0.717, 1.165) is 0 Å². The molecule has 1 rings (SSSR count). The van der Waals surface area contributed by atoms with Crippen molar-refractivity contribution in [2.75, 3.05) is 0 Å². The van der Waals surface area contributed by atoms with Crippen LogP contribution >= 0.6 is 0 Å². The minimum Gasteiger partial charge on any atom is -0.444 e. The highest BCUT2D eigenvalue weighted by atomic mass is 16.6. The van der Waals surface area contributed by atoms with Crippen LogP contribution in [0.1, 0.15) is 33.6 Å². The van der Waals surface area contributed by atoms with E-state index in [0.29, 0.717) is 6.42 Å². The minimum atomic E-state index is -0.607. The first-order chi connectivity index (χ1) is 7.31. The van der Waals surface area contributed by atoms with Gasteiger partial charge in [-0.3, -0.25) is 4.79 Å². The van der Waals surface area contributed by atoms with Crippen molar-refractivity contribution in [3.05, 3.63) is 0 Å². The number of carbonyl (C=O) groups excluding carboxylic acids is 2. The topological polar surface area (TPSA) is 79.2 Å². The standard InChI is InChI=1S/C11H16N2O3/c1-11(2,3)16-10(15)13-8-4-7(6-12)5-9(8)14/h7-8H,4-5H2,1-3H3,(H,13,15). The number of nitrogens with one attached hydrogen (secondary N) is 1. The molecule has 0 aromatic carbocycles. The van der Waals surface area contributed by atoms with Gasteiger partial charge in [0.15, 0.2) is 5.78 Å². The third-order valence-corrected chi connectivity index (χ3v) is 2.23. The number of hydrogen-bond donors (Lipinski definition) is 1. The summed E-state index contributed by atoms with van der Waals surface area (Å²) in [5.41, 5.74) is -0.583. The number of alkyl carbamates (subject to hydrolysis) is 1. The van der Waals surface area contributed by atoms with Gasteiger partial charge in [-0.1, -0.05) is 0 Å². The van der Waals surface area contributed by atoms with E-state index in [1.807, 2.05) is 6.07 Å². The van der Waals surface area contributed by atoms with Crippen LogP contribution in [0.25, 0.3) is 0 Å². The molecule has 1 aliphatic carbocycles. The number of rotatable bonds is 1. The molecule has 0 heterocycles. The van der Waals surface area contributed by atoms with Crippen LogP contribution in [0.15, 0.2) is 0 Å². The summed E-state index contributed by atoms with van der Waals surface area (Å²) >= 11 is 0. The van der Waals surface area contributed by atoms with Crippen LogP contribution in [0.4, 0.5) is 4.79 Å². The van der Waals surface area contributed by atoms with E-state index in [2.05, 4.69) is 5.32 Å². The van der Waals surface area contributed by atoms with Gasteiger partial charge in [-0.2, -0.15) is 5.26 Å². The summed E-state index contributed by atoms with van der Waals surface area (Å²) in [6.07, 6.45) is -0.00428. The Kier molecular flexibility index (Phi) is 3.53. The second-order valence-corrected chi connectivity index (χ2v) is 4.93. The fourth-order valence-corrected chi connectivity index (χ4v) is 1.57. The number of ether oxygens (including phenoxy) is 1. The van der Waals surface area contributed by atoms with Crippen molar-refractivity contribution in [3.63, 3.8) is 0 Å². The molecule has 0 aliphatic heterocycles. The van der Waals surface area contributed by atoms with Crippen LogP contribution in [0.2, 0.25) is 0 Å². The zero-order valence-corrected chi connectivity index (χ0v) is 9.74. The number of ketones is 1. The molecule has 0 spiro atoms. The Bertz CT molecular complexity index is 338. The zero-order valence-electron chi connectivity index (χ0n) is 9.74. The monoisotopic (exact) mass is 224 g/mol. The van der Waals surface area contributed by atoms with Crippen molar-refractivity contribution in [1.29, 1.82) is 5.26 Å². The number of nitriles is 1. The van der Waals surface area contributed by atoms with Gasteiger partial charge >= 0.3 is 6.09 Å². The summed E-state index contributed by atoms with van der Waals surface area (Å²) in [7, 11) is 0. The number of hydrogen-bond acceptors (Lipinski definition) is 4. The maximum atomic E-state index is 11.4. The molecular weight excluding hydrogens is 208 g/mol. The molecule has 0 radical (unpaired) electrons. The summed E-state index contributed by atoms with van der Waals surface area (Å²) in [6.45, 7) is 5.25. The Morgan fingerprint density at radius 1 is 1.56 bits per heavy atom. The molecule has 2 unspecified atom stereocenters. The van der Waals surface area contributed by atoms with Gasteiger partial charge in [0, 0.05) is 6.42 Å². The first kappa shape index (κ1) is 12.5. The molecule has 1 fully saturated rings. The second kappa shape index (κ2) is 4.52. The van der Waals surface area contributed by atoms with Crippen LogP contribution in [0.5, 0.6) is 0 Å². The van der Waals surface area contributed by atoms with Crippen molar-refractivity contribution in [1.82, 2.24) is 5.32 Å². The van der Waals surface area contributed by atoms with Crippen LogP contribution in [0, 0.1) is 17.2 Å². The maximum absolute atomic E-state index is 11.4. The molecule has 0 saturated heterocycles. The van der Waals surface area contributed by atoms with E-state index < -0.39 is 17.7 Å². The Labute approximate surface area is 94.8 Å². The van der Waals surface area contributed by atoms with Crippen LogP contribution in [-0.4, -0.2) is 23.5 Å². The van der Waals surface area contributed by atoms with Crippen molar-refractivity contribution in [3.8, 4) is 6.07 Å². The SMILES string of the molecule is CC(C)(C)OC(=O)NC1CC(C#N)CC1=O. The second-order valence-electron chi connectivity index (χ2n) is 4.93. The lowest BCUT2D eigenvalue weighted by molar-refractivity contribution is -0.119. The van der Waals surface area contributed by atoms with Gasteiger partial charge in [0.05, 0.1) is 18.0 Å². The van der Waals surface area contributed by atoms with E-state index in [-0.39, 0.29) is 18.1 Å². The Morgan fingerprint density at radius 3 is 2.62 bits per heavy atom. The van der Waals surface area contributed by atoms with E-state index in [4.69, 9.17) is 10.00 Å². The average molecular weight is 224 g/mol. The molecule has 0 bridgehead atoms. The lowest BCUT2D eigenvalue weighted by Gasteiger charge is -2.21. The first-order valence-electron chi connectivity index (χ1n) is 5.23. The predicted molar refractivity (Wildman–Crippen MR) is 56.5 cm³/mol. The van der Waals surface area contributed by atoms with Crippen molar-refractivity contribution >= 4 is 11.9 Å². The fourth-order valence-electron chi connectivity index (χ4n) is 1.57. The Hall–Kier alpha value is -1.57. The third-order valence-electron chi connectivity index (χ3n) is 2.23. The minimum absolute atomic E-state index is 0.0996. The van der Waals surface area contributed by atoms with E-state index in [9.17, 15) is 9.59 Å². The van der Waals surface area contributed by atoms with Crippen molar-refractivity contribution in [2.24, 2.45) is 5.92 Å². The molecule has 5 nitrogen and oxygen atoms in total. The quantitative estimate of drug-likeness (QED) is 0.729. The first-order valence-corrected chi connectivity index (χ1v) is 5.23. The maximum Gasteiger partial charge on any atom is 0.408 e. The Balaban J connectivity index is 2.47. The lowest BCUT2D eigenvalue weighted by Crippen LogP contribution is -2.41. The van der Waals surface area contributed by atoms with Gasteiger partial charge in [-0.05, 0) is 27.2 Å². The molecule has 16 heavy (non-hydrogen) atoms. The molecule has 1 saturated carbocycles. The van der Waals surface area contributed by atoms with Gasteiger partial charge in [0.2, 0.25) is 0 Å². The molecule has 1 N–H and O–H groups in total. The van der Waals surface area contributed by atoms with Crippen LogP contribution < -0.4 is 5.32 Å². The highest BCUT2D eigenvalue weighted by Crippen LogP contribution is 2.22. The molecule has 1 aliphatic rings. The highest BCUT2D eigenvalue weighted by molar-refractivity contribution is 5.89. The van der Waals surface area contributed by atoms with E-state index in [1.165, 1.54) is 0 Å². The van der Waals surface area contributed by atoms with Crippen LogP contribution in [0.3, 0.4) is 0 Å². The molecule has 0 aromatic rings. The van der Waals surface area contributed by atoms with Crippen molar-refractivity contribution in [2.45, 2.75) is 45.3 Å². The smallest absolute Gasteiger partial charge is 0.408 e. The summed E-state index contributed by atoms with van der Waals surface area (Å²) in [4.78, 5) is 22.8. The fraction of sp³-hybridized carbons (Fsp3) is 0.727. The molecule has 2 atom stereocenters. The van der Waals surface area contributed by atoms with Gasteiger partial charge in [-0.15, -0.1) is 0 Å². The van der Waals surface area contributed by atoms with Gasteiger partial charge < -0.3 is 10.1 Å². The van der Waals surface area contributed by atoms with Gasteiger partial charge in [0.1, 0.15) is 5.60 Å². The number of amides is 1. The third kappa shape index (κ3) is 3.54. The summed E-state index contributed by atoms with van der Waals surface area (Å²) < 4.78 is 5.03. The summed E-state index contributed by atoms with van der Waals surface area (Å²) in [6, 6.07) is 1.46. The zero-order chi connectivity index (χ0) is 12.3. The molecule has 5 heteroatoms. The molecule has 0 aromatic heterocycles. The van der Waals surface area contributed by atoms with E-state index in [1.54, 1.807) is 20.8 Å². The number of carbonyl (C=O) groups is 2. The summed E-state index contributed by atoms with van der Waals surface area (Å²) in [5, 5.41) is 11.2. The highest BCUT2D eigenvalue weighted by Gasteiger charge is 2.34. The predicted octanol–water partition coefficient (Wildman–Crippen LogP) is 1.38. The molecule has 88 valence electrons. The molecule has 1 amide bonds. The number of Topliss-reactive ketones (excluding diaryl/α,β-unsaturated/α-hetero) is 1. The van der Waals surface area contributed by atoms with Crippen LogP contribution in [-0.2, 0) is 9.53 Å². The van der Waals surface area contributed by atoms with Crippen molar-refractivity contribution < 1.29 is 14.3 Å². The van der Waals surface area contributed by atoms with E-state index >= 15 is 0 Å². The summed E-state index contributed by atoms with van der Waals surface area (Å²) in [5.74, 6) is -0.384. The lowest BCUT2D eigenvalue weighted by atomic mass is 10.1. The molecular formula is C11H16N2O3. The average Bonchev–Trinajstić information content (AvgIpc) is 2.44. The number of nitrogens with zero attached hydrogens (tertiary/aromatic N) is 1. The van der Waals surface area contributed by atoms with Gasteiger partial charge in [-0.25, -0.2) is 4.79 Å². The largest absolute Gasteiger partial charge is 0.444 e. The normalized spacial score (nSPS) is 25.0. The van der Waals surface area contributed by atoms with Gasteiger partial charge in [0.25, 0.3) is 0 Å². The Morgan fingerprint density at radius 2 is 2.19 bits per heavy atom.